The van der Waals surface area contributed by atoms with Gasteiger partial charge in [-0.25, -0.2) is 9.48 Å². The Kier molecular flexibility index (Phi) is 2.93. The highest BCUT2D eigenvalue weighted by Gasteiger charge is 2.34. The average molecular weight is 288 g/mol. The van der Waals surface area contributed by atoms with E-state index in [0.29, 0.717) is 16.9 Å². The minimum absolute atomic E-state index is 0.0263. The molecule has 0 bridgehead atoms. The number of carboxylic acids is 1. The fourth-order valence-corrected chi connectivity index (χ4v) is 2.28. The predicted molar refractivity (Wildman–Crippen MR) is 71.7 cm³/mol. The Morgan fingerprint density at radius 1 is 1.48 bits per heavy atom. The molecule has 0 atom stereocenters. The molecule has 0 aliphatic heterocycles. The number of hydrogen-bond donors (Lipinski definition) is 1. The number of nitro groups is 1. The van der Waals surface area contributed by atoms with Gasteiger partial charge in [0.2, 0.25) is 0 Å². The molecule has 1 fully saturated rings. The van der Waals surface area contributed by atoms with E-state index < -0.39 is 10.9 Å². The summed E-state index contributed by atoms with van der Waals surface area (Å²) in [7, 11) is 0. The molecule has 3 rings (SSSR count). The van der Waals surface area contributed by atoms with E-state index in [1.165, 1.54) is 10.7 Å². The molecule has 8 nitrogen and oxygen atoms in total. The van der Waals surface area contributed by atoms with Gasteiger partial charge in [0.1, 0.15) is 0 Å². The van der Waals surface area contributed by atoms with Gasteiger partial charge in [-0.05, 0) is 25.8 Å². The van der Waals surface area contributed by atoms with Crippen molar-refractivity contribution < 1.29 is 14.8 Å². The summed E-state index contributed by atoms with van der Waals surface area (Å²) in [5.74, 6) is -1.03. The first kappa shape index (κ1) is 13.2. The minimum Gasteiger partial charge on any atom is -0.476 e. The first-order valence-corrected chi connectivity index (χ1v) is 6.43. The first-order chi connectivity index (χ1) is 9.99. The number of nitrogens with zero attached hydrogens (tertiary/aromatic N) is 4. The Morgan fingerprint density at radius 3 is 2.76 bits per heavy atom. The quantitative estimate of drug-likeness (QED) is 0.680. The lowest BCUT2D eigenvalue weighted by atomic mass is 10.1. The van der Waals surface area contributed by atoms with Crippen molar-refractivity contribution in [2.45, 2.75) is 25.7 Å². The second-order valence-electron chi connectivity index (χ2n) is 5.04. The van der Waals surface area contributed by atoms with Gasteiger partial charge in [0.15, 0.2) is 5.69 Å². The summed E-state index contributed by atoms with van der Waals surface area (Å²) >= 11 is 0. The highest BCUT2D eigenvalue weighted by molar-refractivity contribution is 5.87. The summed E-state index contributed by atoms with van der Waals surface area (Å²) in [6.07, 6.45) is 1.75. The largest absolute Gasteiger partial charge is 0.476 e. The van der Waals surface area contributed by atoms with E-state index in [1.807, 2.05) is 0 Å². The van der Waals surface area contributed by atoms with Crippen molar-refractivity contribution in [1.82, 2.24) is 15.0 Å². The first-order valence-electron chi connectivity index (χ1n) is 6.43. The standard InChI is InChI=1S/C13H12N4O4/c1-7-2-5-9(6-10(7)17(20)21)16-12(8-3-4-8)11(13(18)19)14-15-16/h2,5-6,8H,3-4H2,1H3,(H,18,19). The fraction of sp³-hybridized carbons (Fsp3) is 0.308. The number of benzene rings is 1. The number of hydrogen-bond acceptors (Lipinski definition) is 5. The smallest absolute Gasteiger partial charge is 0.358 e. The van der Waals surface area contributed by atoms with E-state index in [-0.39, 0.29) is 17.3 Å². The van der Waals surface area contributed by atoms with Gasteiger partial charge in [-0.15, -0.1) is 5.10 Å². The summed E-state index contributed by atoms with van der Waals surface area (Å²) in [4.78, 5) is 21.8. The van der Waals surface area contributed by atoms with Gasteiger partial charge >= 0.3 is 5.97 Å². The maximum absolute atomic E-state index is 11.2. The summed E-state index contributed by atoms with van der Waals surface area (Å²) in [6, 6.07) is 4.68. The van der Waals surface area contributed by atoms with Crippen LogP contribution in [0.1, 0.15) is 40.5 Å². The highest BCUT2D eigenvalue weighted by Crippen LogP contribution is 2.42. The zero-order valence-corrected chi connectivity index (χ0v) is 11.2. The number of rotatable bonds is 4. The number of carbonyl (C=O) groups is 1. The molecule has 0 radical (unpaired) electrons. The van der Waals surface area contributed by atoms with Crippen LogP contribution in [0.25, 0.3) is 5.69 Å². The number of nitro benzene ring substituents is 1. The van der Waals surface area contributed by atoms with Crippen LogP contribution in [0.2, 0.25) is 0 Å². The van der Waals surface area contributed by atoms with Crippen LogP contribution in [0.5, 0.6) is 0 Å². The van der Waals surface area contributed by atoms with E-state index >= 15 is 0 Å². The van der Waals surface area contributed by atoms with Gasteiger partial charge < -0.3 is 5.11 Å². The molecule has 1 aromatic heterocycles. The molecule has 0 unspecified atom stereocenters. The van der Waals surface area contributed by atoms with Crippen LogP contribution in [0.3, 0.4) is 0 Å². The van der Waals surface area contributed by atoms with Gasteiger partial charge in [0.25, 0.3) is 5.69 Å². The zero-order chi connectivity index (χ0) is 15.1. The molecule has 1 aliphatic rings. The highest BCUT2D eigenvalue weighted by atomic mass is 16.6. The molecular formula is C13H12N4O4. The number of aromatic carboxylic acids is 1. The van der Waals surface area contributed by atoms with Crippen LogP contribution in [0.4, 0.5) is 5.69 Å². The van der Waals surface area contributed by atoms with Crippen LogP contribution < -0.4 is 0 Å². The lowest BCUT2D eigenvalue weighted by Gasteiger charge is -2.06. The fourth-order valence-electron chi connectivity index (χ4n) is 2.28. The van der Waals surface area contributed by atoms with Crippen LogP contribution in [-0.4, -0.2) is 31.0 Å². The van der Waals surface area contributed by atoms with E-state index in [2.05, 4.69) is 10.3 Å². The molecule has 2 aromatic rings. The van der Waals surface area contributed by atoms with Gasteiger partial charge in [-0.1, -0.05) is 11.3 Å². The summed E-state index contributed by atoms with van der Waals surface area (Å²) in [5, 5.41) is 27.7. The second kappa shape index (κ2) is 4.65. The second-order valence-corrected chi connectivity index (χ2v) is 5.04. The molecule has 1 heterocycles. The summed E-state index contributed by atoms with van der Waals surface area (Å²) < 4.78 is 1.40. The zero-order valence-electron chi connectivity index (χ0n) is 11.2. The molecule has 1 saturated carbocycles. The van der Waals surface area contributed by atoms with Crippen LogP contribution in [-0.2, 0) is 0 Å². The van der Waals surface area contributed by atoms with Crippen molar-refractivity contribution in [1.29, 1.82) is 0 Å². The van der Waals surface area contributed by atoms with Crippen LogP contribution in [0, 0.1) is 17.0 Å². The molecule has 0 spiro atoms. The minimum atomic E-state index is -1.13. The van der Waals surface area contributed by atoms with Gasteiger partial charge in [0.05, 0.1) is 16.3 Å². The van der Waals surface area contributed by atoms with Gasteiger partial charge in [-0.2, -0.15) is 0 Å². The Labute approximate surface area is 119 Å². The third-order valence-corrected chi connectivity index (χ3v) is 3.51. The maximum atomic E-state index is 11.2. The maximum Gasteiger partial charge on any atom is 0.358 e. The van der Waals surface area contributed by atoms with Gasteiger partial charge in [-0.3, -0.25) is 10.1 Å². The topological polar surface area (TPSA) is 111 Å². The lowest BCUT2D eigenvalue weighted by Crippen LogP contribution is -2.06. The molecule has 1 aliphatic carbocycles. The van der Waals surface area contributed by atoms with E-state index in [4.69, 9.17) is 5.11 Å². The van der Waals surface area contributed by atoms with Crippen LogP contribution >= 0.6 is 0 Å². The van der Waals surface area contributed by atoms with Gasteiger partial charge in [0, 0.05) is 17.5 Å². The van der Waals surface area contributed by atoms with E-state index in [9.17, 15) is 14.9 Å². The van der Waals surface area contributed by atoms with Crippen LogP contribution in [0.15, 0.2) is 18.2 Å². The monoisotopic (exact) mass is 288 g/mol. The van der Waals surface area contributed by atoms with E-state index in [1.54, 1.807) is 19.1 Å². The SMILES string of the molecule is Cc1ccc(-n2nnc(C(=O)O)c2C2CC2)cc1[N+](=O)[O-]. The van der Waals surface area contributed by atoms with Crippen molar-refractivity contribution in [3.8, 4) is 5.69 Å². The Bertz CT molecular complexity index is 749. The Morgan fingerprint density at radius 2 is 2.19 bits per heavy atom. The van der Waals surface area contributed by atoms with Crippen molar-refractivity contribution in [3.63, 3.8) is 0 Å². The summed E-state index contributed by atoms with van der Waals surface area (Å²) in [6.45, 7) is 1.65. The number of carboxylic acid groups (broad SMARTS) is 1. The van der Waals surface area contributed by atoms with Crippen molar-refractivity contribution >= 4 is 11.7 Å². The molecule has 8 heteroatoms. The Hall–Kier alpha value is -2.77. The number of aryl methyl sites for hydroxylation is 1. The lowest BCUT2D eigenvalue weighted by molar-refractivity contribution is -0.385. The van der Waals surface area contributed by atoms with E-state index in [0.717, 1.165) is 12.8 Å². The molecule has 0 saturated heterocycles. The molecule has 0 amide bonds. The number of aromatic nitrogens is 3. The van der Waals surface area contributed by atoms with Crippen molar-refractivity contribution in [2.24, 2.45) is 0 Å². The predicted octanol–water partition coefficient (Wildman–Crippen LogP) is 2.06. The summed E-state index contributed by atoms with van der Waals surface area (Å²) in [5.41, 5.74) is 1.40. The molecule has 21 heavy (non-hydrogen) atoms. The Balaban J connectivity index is 2.15. The third-order valence-electron chi connectivity index (χ3n) is 3.51. The van der Waals surface area contributed by atoms with Crippen molar-refractivity contribution in [3.05, 3.63) is 45.3 Å². The molecule has 1 N–H and O–H groups in total. The molecule has 1 aromatic carbocycles. The average Bonchev–Trinajstić information content (AvgIpc) is 3.17. The van der Waals surface area contributed by atoms with Crippen molar-refractivity contribution in [2.75, 3.05) is 0 Å². The normalized spacial score (nSPS) is 14.1. The molecular weight excluding hydrogens is 276 g/mol. The third kappa shape index (κ3) is 2.24. The molecule has 108 valence electrons.